The van der Waals surface area contributed by atoms with Gasteiger partial charge < -0.3 is 15.4 Å². The lowest BCUT2D eigenvalue weighted by molar-refractivity contribution is -0.113. The minimum absolute atomic E-state index is 0.129. The van der Waals surface area contributed by atoms with Crippen LogP contribution >= 0.6 is 11.8 Å². The molecule has 2 amide bonds. The first-order chi connectivity index (χ1) is 16.0. The van der Waals surface area contributed by atoms with E-state index in [0.717, 1.165) is 12.8 Å². The fraction of sp³-hybridized carbons (Fsp3) is 0.273. The van der Waals surface area contributed by atoms with Crippen molar-refractivity contribution in [1.29, 1.82) is 0 Å². The molecule has 0 radical (unpaired) electrons. The first-order valence-corrected chi connectivity index (χ1v) is 11.4. The van der Waals surface area contributed by atoms with Crippen molar-refractivity contribution in [3.05, 3.63) is 60.2 Å². The van der Waals surface area contributed by atoms with Crippen LogP contribution in [0.3, 0.4) is 0 Å². The van der Waals surface area contributed by atoms with Gasteiger partial charge in [-0.1, -0.05) is 11.8 Å². The number of hydrogen-bond donors (Lipinski definition) is 2. The second-order valence-corrected chi connectivity index (χ2v) is 8.24. The third-order valence-corrected chi connectivity index (χ3v) is 5.55. The van der Waals surface area contributed by atoms with Gasteiger partial charge in [-0.2, -0.15) is 5.10 Å². The van der Waals surface area contributed by atoms with Crippen molar-refractivity contribution in [1.82, 2.24) is 25.1 Å². The number of anilines is 1. The third-order valence-electron chi connectivity index (χ3n) is 4.63. The van der Waals surface area contributed by atoms with E-state index in [4.69, 9.17) is 4.74 Å². The lowest BCUT2D eigenvalue weighted by Gasteiger charge is -2.07. The summed E-state index contributed by atoms with van der Waals surface area (Å²) in [4.78, 5) is 44.5. The summed E-state index contributed by atoms with van der Waals surface area (Å²) in [6.45, 7) is 2.04. The number of thioether (sulfide) groups is 1. The van der Waals surface area contributed by atoms with Gasteiger partial charge in [-0.3, -0.25) is 9.59 Å². The van der Waals surface area contributed by atoms with Gasteiger partial charge in [0.1, 0.15) is 11.4 Å². The smallest absolute Gasteiger partial charge is 0.338 e. The normalized spacial score (nSPS) is 12.8. The van der Waals surface area contributed by atoms with E-state index in [2.05, 4.69) is 25.7 Å². The van der Waals surface area contributed by atoms with Crippen LogP contribution in [0.2, 0.25) is 0 Å². The molecule has 1 saturated carbocycles. The molecule has 2 N–H and O–H groups in total. The Bertz CT molecular complexity index is 1160. The zero-order valence-corrected chi connectivity index (χ0v) is 18.7. The Kier molecular flexibility index (Phi) is 6.98. The Labute approximate surface area is 194 Å². The van der Waals surface area contributed by atoms with Crippen molar-refractivity contribution in [2.75, 3.05) is 17.7 Å². The Morgan fingerprint density at radius 1 is 1.15 bits per heavy atom. The van der Waals surface area contributed by atoms with Gasteiger partial charge in [0.25, 0.3) is 5.91 Å². The highest BCUT2D eigenvalue weighted by atomic mass is 32.2. The molecule has 0 atom stereocenters. The maximum Gasteiger partial charge on any atom is 0.338 e. The highest BCUT2D eigenvalue weighted by Gasteiger charge is 2.24. The lowest BCUT2D eigenvalue weighted by Crippen LogP contribution is -2.25. The number of aromatic nitrogens is 4. The first-order valence-electron chi connectivity index (χ1n) is 10.4. The average molecular weight is 467 g/mol. The number of nitrogens with one attached hydrogen (secondary N) is 2. The Balaban J connectivity index is 1.31. The summed E-state index contributed by atoms with van der Waals surface area (Å²) in [7, 11) is 0. The zero-order chi connectivity index (χ0) is 23.2. The van der Waals surface area contributed by atoms with Gasteiger partial charge in [0.05, 0.1) is 17.9 Å². The van der Waals surface area contributed by atoms with Crippen LogP contribution in [0, 0.1) is 0 Å². The third kappa shape index (κ3) is 6.16. The van der Waals surface area contributed by atoms with E-state index in [0.29, 0.717) is 34.4 Å². The summed E-state index contributed by atoms with van der Waals surface area (Å²) < 4.78 is 6.44. The number of esters is 1. The van der Waals surface area contributed by atoms with Crippen LogP contribution in [-0.4, -0.2) is 55.9 Å². The first kappa shape index (κ1) is 22.5. The van der Waals surface area contributed by atoms with Crippen molar-refractivity contribution in [3.63, 3.8) is 0 Å². The van der Waals surface area contributed by atoms with Gasteiger partial charge in [-0.05, 0) is 50.1 Å². The molecule has 0 spiro atoms. The van der Waals surface area contributed by atoms with E-state index in [1.54, 1.807) is 49.5 Å². The molecule has 10 nitrogen and oxygen atoms in total. The van der Waals surface area contributed by atoms with Crippen LogP contribution < -0.4 is 10.6 Å². The molecular weight excluding hydrogens is 444 g/mol. The SMILES string of the molecule is CCOC(=O)c1ccc(NC(=O)CSc2cc(-n3ccc(C(=O)NC4CC4)n3)ncn2)cc1. The number of carbonyl (C=O) groups excluding carboxylic acids is 3. The lowest BCUT2D eigenvalue weighted by atomic mass is 10.2. The molecule has 0 saturated heterocycles. The zero-order valence-electron chi connectivity index (χ0n) is 17.9. The van der Waals surface area contributed by atoms with Crippen LogP contribution in [-0.2, 0) is 9.53 Å². The number of hydrogen-bond acceptors (Lipinski definition) is 8. The molecule has 4 rings (SSSR count). The summed E-state index contributed by atoms with van der Waals surface area (Å²) in [5, 5.41) is 10.5. The van der Waals surface area contributed by atoms with Gasteiger partial charge in [0.2, 0.25) is 5.91 Å². The quantitative estimate of drug-likeness (QED) is 0.280. The highest BCUT2D eigenvalue weighted by molar-refractivity contribution is 7.99. The number of carbonyl (C=O) groups is 3. The van der Waals surface area contributed by atoms with Crippen LogP contribution in [0.25, 0.3) is 5.82 Å². The highest BCUT2D eigenvalue weighted by Crippen LogP contribution is 2.20. The van der Waals surface area contributed by atoms with Crippen molar-refractivity contribution in [2.24, 2.45) is 0 Å². The molecule has 2 aromatic heterocycles. The van der Waals surface area contributed by atoms with E-state index < -0.39 is 5.97 Å². The molecule has 1 aliphatic carbocycles. The maximum atomic E-state index is 12.3. The average Bonchev–Trinajstić information content (AvgIpc) is 3.49. The van der Waals surface area contributed by atoms with E-state index in [1.165, 1.54) is 22.8 Å². The molecular formula is C22H22N6O4S. The fourth-order valence-corrected chi connectivity index (χ4v) is 3.50. The monoisotopic (exact) mass is 466 g/mol. The van der Waals surface area contributed by atoms with E-state index in [1.807, 2.05) is 0 Å². The second-order valence-electron chi connectivity index (χ2n) is 7.24. The summed E-state index contributed by atoms with van der Waals surface area (Å²) >= 11 is 1.24. The van der Waals surface area contributed by atoms with Crippen LogP contribution in [0.5, 0.6) is 0 Å². The van der Waals surface area contributed by atoms with Crippen molar-refractivity contribution >= 4 is 35.2 Å². The minimum atomic E-state index is -0.404. The summed E-state index contributed by atoms with van der Waals surface area (Å²) in [6.07, 6.45) is 5.05. The predicted octanol–water partition coefficient (Wildman–Crippen LogP) is 2.46. The predicted molar refractivity (Wildman–Crippen MR) is 121 cm³/mol. The number of rotatable bonds is 9. The molecule has 170 valence electrons. The summed E-state index contributed by atoms with van der Waals surface area (Å²) in [5.41, 5.74) is 1.32. The molecule has 33 heavy (non-hydrogen) atoms. The van der Waals surface area contributed by atoms with Gasteiger partial charge >= 0.3 is 5.97 Å². The van der Waals surface area contributed by atoms with Crippen LogP contribution in [0.1, 0.15) is 40.6 Å². The Morgan fingerprint density at radius 3 is 2.67 bits per heavy atom. The largest absolute Gasteiger partial charge is 0.462 e. The molecule has 0 unspecified atom stereocenters. The van der Waals surface area contributed by atoms with Crippen LogP contribution in [0.4, 0.5) is 5.69 Å². The maximum absolute atomic E-state index is 12.3. The number of nitrogens with zero attached hydrogens (tertiary/aromatic N) is 4. The van der Waals surface area contributed by atoms with Gasteiger partial charge in [0.15, 0.2) is 11.5 Å². The van der Waals surface area contributed by atoms with Gasteiger partial charge in [0, 0.05) is 24.0 Å². The molecule has 2 heterocycles. The van der Waals surface area contributed by atoms with Crippen molar-refractivity contribution in [2.45, 2.75) is 30.8 Å². The topological polar surface area (TPSA) is 128 Å². The fourth-order valence-electron chi connectivity index (χ4n) is 2.83. The molecule has 0 aliphatic heterocycles. The Morgan fingerprint density at radius 2 is 1.94 bits per heavy atom. The van der Waals surface area contributed by atoms with Gasteiger partial charge in [-0.25, -0.2) is 19.4 Å². The number of benzene rings is 1. The molecule has 0 bridgehead atoms. The van der Waals surface area contributed by atoms with E-state index in [-0.39, 0.29) is 23.6 Å². The molecule has 1 aliphatic rings. The number of amides is 2. The minimum Gasteiger partial charge on any atom is -0.462 e. The Hall–Kier alpha value is -3.73. The second kappa shape index (κ2) is 10.3. The molecule has 11 heteroatoms. The summed E-state index contributed by atoms with van der Waals surface area (Å²) in [5.74, 6) is -0.204. The van der Waals surface area contributed by atoms with Crippen molar-refractivity contribution < 1.29 is 19.1 Å². The van der Waals surface area contributed by atoms with Crippen LogP contribution in [0.15, 0.2) is 53.9 Å². The number of ether oxygens (including phenoxy) is 1. The van der Waals surface area contributed by atoms with E-state index in [9.17, 15) is 14.4 Å². The summed E-state index contributed by atoms with van der Waals surface area (Å²) in [6, 6.07) is 10.1. The molecule has 3 aromatic rings. The molecule has 1 aromatic carbocycles. The van der Waals surface area contributed by atoms with Gasteiger partial charge in [-0.15, -0.1) is 0 Å². The molecule has 1 fully saturated rings. The van der Waals surface area contributed by atoms with E-state index >= 15 is 0 Å². The van der Waals surface area contributed by atoms with Crippen molar-refractivity contribution in [3.8, 4) is 5.82 Å². The standard InChI is InChI=1S/C22H22N6O4S/c1-2-32-22(31)14-3-5-15(6-4-14)25-19(29)12-33-20-11-18(23-13-24-20)28-10-9-17(27-28)21(30)26-16-7-8-16/h3-6,9-11,13,16H,2,7-8,12H2,1H3,(H,25,29)(H,26,30).